The Labute approximate surface area is 121 Å². The number of carboxylic acid groups (broad SMARTS) is 1. The molecular weight excluding hydrogens is 280 g/mol. The van der Waals surface area contributed by atoms with Gasteiger partial charge in [-0.15, -0.1) is 11.3 Å². The van der Waals surface area contributed by atoms with Crippen LogP contribution in [0.25, 0.3) is 0 Å². The standard InChI is InChI=1S/C13H18N2O4S/c1-9(15-13(19)10-5-4-8-20-10)12(18)14-7-3-2-6-11(16)17/h4-5,8-9H,2-3,6-7H2,1H3,(H,14,18)(H,15,19)(H,16,17). The zero-order chi connectivity index (χ0) is 15.0. The highest BCUT2D eigenvalue weighted by molar-refractivity contribution is 7.12. The van der Waals surface area contributed by atoms with Gasteiger partial charge in [0.25, 0.3) is 5.91 Å². The Bertz CT molecular complexity index is 459. The Balaban J connectivity index is 2.22. The molecule has 1 unspecified atom stereocenters. The molecule has 0 aliphatic heterocycles. The van der Waals surface area contributed by atoms with Crippen LogP contribution in [0.3, 0.4) is 0 Å². The van der Waals surface area contributed by atoms with Gasteiger partial charge >= 0.3 is 5.97 Å². The van der Waals surface area contributed by atoms with Crippen LogP contribution in [0, 0.1) is 0 Å². The molecule has 7 heteroatoms. The van der Waals surface area contributed by atoms with Crippen molar-refractivity contribution in [3.05, 3.63) is 22.4 Å². The van der Waals surface area contributed by atoms with Crippen molar-refractivity contribution in [1.29, 1.82) is 0 Å². The van der Waals surface area contributed by atoms with Gasteiger partial charge in [-0.1, -0.05) is 6.07 Å². The number of carbonyl (C=O) groups excluding carboxylic acids is 2. The van der Waals surface area contributed by atoms with Gasteiger partial charge in [0.1, 0.15) is 6.04 Å². The van der Waals surface area contributed by atoms with E-state index in [9.17, 15) is 14.4 Å². The summed E-state index contributed by atoms with van der Waals surface area (Å²) in [6.45, 7) is 2.02. The van der Waals surface area contributed by atoms with E-state index in [2.05, 4.69) is 10.6 Å². The number of thiophene rings is 1. The summed E-state index contributed by atoms with van der Waals surface area (Å²) in [5, 5.41) is 15.5. The summed E-state index contributed by atoms with van der Waals surface area (Å²) in [4.78, 5) is 34.3. The molecule has 0 fully saturated rings. The van der Waals surface area contributed by atoms with Gasteiger partial charge in [0.05, 0.1) is 4.88 Å². The molecule has 0 saturated heterocycles. The third-order valence-electron chi connectivity index (χ3n) is 2.60. The van der Waals surface area contributed by atoms with Gasteiger partial charge in [-0.25, -0.2) is 0 Å². The van der Waals surface area contributed by atoms with Gasteiger partial charge in [-0.3, -0.25) is 14.4 Å². The third-order valence-corrected chi connectivity index (χ3v) is 3.47. The van der Waals surface area contributed by atoms with Crippen molar-refractivity contribution in [1.82, 2.24) is 10.6 Å². The molecule has 0 aliphatic rings. The predicted octanol–water partition coefficient (Wildman–Crippen LogP) is 1.24. The largest absolute Gasteiger partial charge is 0.481 e. The summed E-state index contributed by atoms with van der Waals surface area (Å²) < 4.78 is 0. The molecule has 0 aromatic carbocycles. The molecule has 2 amide bonds. The number of aliphatic carboxylic acids is 1. The molecule has 0 radical (unpaired) electrons. The monoisotopic (exact) mass is 298 g/mol. The fourth-order valence-corrected chi connectivity index (χ4v) is 2.13. The van der Waals surface area contributed by atoms with E-state index in [-0.39, 0.29) is 18.2 Å². The van der Waals surface area contributed by atoms with Gasteiger partial charge in [0, 0.05) is 13.0 Å². The minimum Gasteiger partial charge on any atom is -0.481 e. The maximum absolute atomic E-state index is 11.7. The second-order valence-corrected chi connectivity index (χ2v) is 5.26. The summed E-state index contributed by atoms with van der Waals surface area (Å²) in [6.07, 6.45) is 1.22. The van der Waals surface area contributed by atoms with Crippen molar-refractivity contribution >= 4 is 29.1 Å². The van der Waals surface area contributed by atoms with E-state index < -0.39 is 12.0 Å². The summed E-state index contributed by atoms with van der Waals surface area (Å²) in [5.74, 6) is -1.38. The Morgan fingerprint density at radius 1 is 1.35 bits per heavy atom. The number of hydrogen-bond acceptors (Lipinski definition) is 4. The zero-order valence-electron chi connectivity index (χ0n) is 11.2. The third kappa shape index (κ3) is 5.83. The van der Waals surface area contributed by atoms with E-state index in [0.29, 0.717) is 24.3 Å². The zero-order valence-corrected chi connectivity index (χ0v) is 12.0. The van der Waals surface area contributed by atoms with E-state index in [4.69, 9.17) is 5.11 Å². The SMILES string of the molecule is CC(NC(=O)c1cccs1)C(=O)NCCCCC(=O)O. The van der Waals surface area contributed by atoms with Gasteiger partial charge in [-0.2, -0.15) is 0 Å². The van der Waals surface area contributed by atoms with Crippen LogP contribution in [0.2, 0.25) is 0 Å². The highest BCUT2D eigenvalue weighted by Crippen LogP contribution is 2.08. The van der Waals surface area contributed by atoms with Crippen LogP contribution in [0.15, 0.2) is 17.5 Å². The Morgan fingerprint density at radius 3 is 2.70 bits per heavy atom. The molecule has 3 N–H and O–H groups in total. The molecule has 1 atom stereocenters. The molecule has 1 heterocycles. The molecule has 0 aliphatic carbocycles. The number of amides is 2. The number of carboxylic acids is 1. The van der Waals surface area contributed by atoms with Crippen LogP contribution in [0.4, 0.5) is 0 Å². The summed E-state index contributed by atoms with van der Waals surface area (Å²) in [5.41, 5.74) is 0. The summed E-state index contributed by atoms with van der Waals surface area (Å²) in [6, 6.07) is 2.84. The average Bonchev–Trinajstić information content (AvgIpc) is 2.91. The lowest BCUT2D eigenvalue weighted by molar-refractivity contribution is -0.137. The first-order valence-electron chi connectivity index (χ1n) is 6.34. The first-order valence-corrected chi connectivity index (χ1v) is 7.22. The summed E-state index contributed by atoms with van der Waals surface area (Å²) >= 11 is 1.31. The van der Waals surface area contributed by atoms with Gasteiger partial charge in [-0.05, 0) is 31.2 Å². The van der Waals surface area contributed by atoms with E-state index in [1.165, 1.54) is 11.3 Å². The molecule has 1 aromatic rings. The summed E-state index contributed by atoms with van der Waals surface area (Å²) in [7, 11) is 0. The molecular formula is C13H18N2O4S. The topological polar surface area (TPSA) is 95.5 Å². The van der Waals surface area contributed by atoms with E-state index in [0.717, 1.165) is 0 Å². The van der Waals surface area contributed by atoms with Gasteiger partial charge < -0.3 is 15.7 Å². The minimum atomic E-state index is -0.840. The van der Waals surface area contributed by atoms with Crippen molar-refractivity contribution in [2.75, 3.05) is 6.54 Å². The fourth-order valence-electron chi connectivity index (χ4n) is 1.51. The fraction of sp³-hybridized carbons (Fsp3) is 0.462. The Morgan fingerprint density at radius 2 is 2.10 bits per heavy atom. The van der Waals surface area contributed by atoms with E-state index >= 15 is 0 Å². The molecule has 6 nitrogen and oxygen atoms in total. The van der Waals surface area contributed by atoms with E-state index in [1.54, 1.807) is 24.4 Å². The number of carbonyl (C=O) groups is 3. The Kier molecular flexibility index (Phi) is 6.72. The van der Waals surface area contributed by atoms with Crippen LogP contribution in [-0.2, 0) is 9.59 Å². The quantitative estimate of drug-likeness (QED) is 0.629. The van der Waals surface area contributed by atoms with Crippen molar-refractivity contribution in [3.8, 4) is 0 Å². The Hall–Kier alpha value is -1.89. The highest BCUT2D eigenvalue weighted by atomic mass is 32.1. The lowest BCUT2D eigenvalue weighted by Gasteiger charge is -2.13. The molecule has 0 bridgehead atoms. The smallest absolute Gasteiger partial charge is 0.303 e. The normalized spacial score (nSPS) is 11.7. The molecule has 1 aromatic heterocycles. The average molecular weight is 298 g/mol. The molecule has 0 spiro atoms. The maximum Gasteiger partial charge on any atom is 0.303 e. The number of hydrogen-bond donors (Lipinski definition) is 3. The van der Waals surface area contributed by atoms with Crippen LogP contribution >= 0.6 is 11.3 Å². The number of nitrogens with one attached hydrogen (secondary N) is 2. The van der Waals surface area contributed by atoms with Crippen LogP contribution in [0.5, 0.6) is 0 Å². The van der Waals surface area contributed by atoms with Crippen molar-refractivity contribution in [2.24, 2.45) is 0 Å². The predicted molar refractivity (Wildman–Crippen MR) is 75.7 cm³/mol. The minimum absolute atomic E-state index is 0.0978. The lowest BCUT2D eigenvalue weighted by Crippen LogP contribution is -2.44. The molecule has 0 saturated carbocycles. The van der Waals surface area contributed by atoms with Crippen molar-refractivity contribution in [2.45, 2.75) is 32.2 Å². The second-order valence-electron chi connectivity index (χ2n) is 4.31. The van der Waals surface area contributed by atoms with Crippen LogP contribution in [-0.4, -0.2) is 35.5 Å². The maximum atomic E-state index is 11.7. The number of unbranched alkanes of at least 4 members (excludes halogenated alkanes) is 1. The van der Waals surface area contributed by atoms with Gasteiger partial charge in [0.2, 0.25) is 5.91 Å². The first-order chi connectivity index (χ1) is 9.50. The lowest BCUT2D eigenvalue weighted by atomic mass is 10.2. The molecule has 20 heavy (non-hydrogen) atoms. The molecule has 1 rings (SSSR count). The van der Waals surface area contributed by atoms with Gasteiger partial charge in [0.15, 0.2) is 0 Å². The molecule has 110 valence electrons. The second kappa shape index (κ2) is 8.31. The van der Waals surface area contributed by atoms with Crippen molar-refractivity contribution < 1.29 is 19.5 Å². The number of rotatable bonds is 8. The van der Waals surface area contributed by atoms with Crippen LogP contribution < -0.4 is 10.6 Å². The van der Waals surface area contributed by atoms with Crippen LogP contribution in [0.1, 0.15) is 35.9 Å². The highest BCUT2D eigenvalue weighted by Gasteiger charge is 2.16. The van der Waals surface area contributed by atoms with Crippen molar-refractivity contribution in [3.63, 3.8) is 0 Å². The first kappa shape index (κ1) is 16.2. The van der Waals surface area contributed by atoms with E-state index in [1.807, 2.05) is 0 Å².